The molecule has 1 aromatic rings. The number of nitrogens with one attached hydrogen (secondary N) is 2. The molecule has 0 heterocycles. The monoisotopic (exact) mass is 279 g/mol. The zero-order valence-electron chi connectivity index (χ0n) is 12.7. The average Bonchev–Trinajstić information content (AvgIpc) is 2.44. The molecule has 20 heavy (non-hydrogen) atoms. The van der Waals surface area contributed by atoms with Crippen molar-refractivity contribution in [2.45, 2.75) is 26.9 Å². The second-order valence-electron chi connectivity index (χ2n) is 5.18. The van der Waals surface area contributed by atoms with E-state index >= 15 is 0 Å². The van der Waals surface area contributed by atoms with E-state index in [1.807, 2.05) is 45.2 Å². The highest BCUT2D eigenvalue weighted by atomic mass is 16.3. The summed E-state index contributed by atoms with van der Waals surface area (Å²) in [5.74, 6) is 0.119. The highest BCUT2D eigenvalue weighted by Crippen LogP contribution is 2.24. The van der Waals surface area contributed by atoms with Gasteiger partial charge in [0.05, 0.1) is 17.5 Å². The molecule has 5 heteroatoms. The van der Waals surface area contributed by atoms with E-state index < -0.39 is 6.10 Å². The minimum absolute atomic E-state index is 0.119. The summed E-state index contributed by atoms with van der Waals surface area (Å²) in [6.45, 7) is 6.98. The van der Waals surface area contributed by atoms with Crippen molar-refractivity contribution >= 4 is 17.4 Å². The van der Waals surface area contributed by atoms with Crippen LogP contribution in [0.4, 0.5) is 16.2 Å². The summed E-state index contributed by atoms with van der Waals surface area (Å²) in [6, 6.07) is 7.34. The van der Waals surface area contributed by atoms with E-state index in [4.69, 9.17) is 0 Å². The Labute approximate surface area is 121 Å². The lowest BCUT2D eigenvalue weighted by Gasteiger charge is -2.21. The largest absolute Gasteiger partial charge is 0.391 e. The predicted molar refractivity (Wildman–Crippen MR) is 83.3 cm³/mol. The Hall–Kier alpha value is -1.75. The first kappa shape index (κ1) is 16.3. The van der Waals surface area contributed by atoms with Gasteiger partial charge in [-0.05, 0) is 25.0 Å². The van der Waals surface area contributed by atoms with Gasteiger partial charge in [-0.2, -0.15) is 0 Å². The Morgan fingerprint density at radius 2 is 2.00 bits per heavy atom. The molecule has 0 fully saturated rings. The van der Waals surface area contributed by atoms with Crippen LogP contribution in [0.1, 0.15) is 20.8 Å². The topological polar surface area (TPSA) is 64.6 Å². The maximum atomic E-state index is 11.9. The van der Waals surface area contributed by atoms with E-state index in [0.29, 0.717) is 0 Å². The standard InChI is InChI=1S/C15H25N3O2/c1-5-18(4)13-9-7-6-8-12(13)17-15(20)16-10-14(19)11(2)3/h6-9,11,14,19H,5,10H2,1-4H3,(H2,16,17,20)/t14-/m1/s1. The van der Waals surface area contributed by atoms with E-state index in [-0.39, 0.29) is 18.5 Å². The van der Waals surface area contributed by atoms with Crippen molar-refractivity contribution in [3.63, 3.8) is 0 Å². The molecule has 0 unspecified atom stereocenters. The first-order valence-electron chi connectivity index (χ1n) is 6.98. The molecule has 5 nitrogen and oxygen atoms in total. The zero-order valence-corrected chi connectivity index (χ0v) is 12.7. The number of aliphatic hydroxyl groups excluding tert-OH is 1. The van der Waals surface area contributed by atoms with Gasteiger partial charge in [0.1, 0.15) is 0 Å². The molecule has 0 aliphatic heterocycles. The van der Waals surface area contributed by atoms with Crippen LogP contribution in [0.3, 0.4) is 0 Å². The molecule has 0 bridgehead atoms. The van der Waals surface area contributed by atoms with Gasteiger partial charge in [-0.25, -0.2) is 4.79 Å². The van der Waals surface area contributed by atoms with Crippen molar-refractivity contribution in [2.75, 3.05) is 30.4 Å². The Morgan fingerprint density at radius 1 is 1.35 bits per heavy atom. The number of benzene rings is 1. The molecule has 0 saturated heterocycles. The van der Waals surface area contributed by atoms with Crippen LogP contribution in [0, 0.1) is 5.92 Å². The number of amides is 2. The number of aliphatic hydroxyl groups is 1. The molecule has 0 radical (unpaired) electrons. The summed E-state index contributed by atoms with van der Waals surface area (Å²) in [5, 5.41) is 15.2. The van der Waals surface area contributed by atoms with E-state index in [1.54, 1.807) is 0 Å². The Bertz CT molecular complexity index is 435. The Kier molecular flexibility index (Phi) is 6.31. The first-order chi connectivity index (χ1) is 9.45. The average molecular weight is 279 g/mol. The molecule has 2 amide bonds. The molecule has 0 aromatic heterocycles. The van der Waals surface area contributed by atoms with Crippen molar-refractivity contribution in [3.8, 4) is 0 Å². The summed E-state index contributed by atoms with van der Waals surface area (Å²) in [5.41, 5.74) is 1.72. The number of nitrogens with zero attached hydrogens (tertiary/aromatic N) is 1. The molecule has 1 aromatic carbocycles. The van der Waals surface area contributed by atoms with E-state index in [9.17, 15) is 9.90 Å². The van der Waals surface area contributed by atoms with Crippen LogP contribution in [0.2, 0.25) is 0 Å². The summed E-state index contributed by atoms with van der Waals surface area (Å²) in [4.78, 5) is 13.9. The fourth-order valence-electron chi connectivity index (χ4n) is 1.68. The van der Waals surface area contributed by atoms with Gasteiger partial charge in [0.15, 0.2) is 0 Å². The molecule has 0 saturated carbocycles. The highest BCUT2D eigenvalue weighted by molar-refractivity contribution is 5.93. The molecule has 0 aliphatic carbocycles. The third-order valence-corrected chi connectivity index (χ3v) is 3.28. The Balaban J connectivity index is 2.62. The second kappa shape index (κ2) is 7.75. The summed E-state index contributed by atoms with van der Waals surface area (Å²) < 4.78 is 0. The maximum Gasteiger partial charge on any atom is 0.319 e. The van der Waals surface area contributed by atoms with Crippen LogP contribution in [-0.4, -0.2) is 37.4 Å². The number of urea groups is 1. The van der Waals surface area contributed by atoms with Crippen molar-refractivity contribution in [2.24, 2.45) is 5.92 Å². The molecule has 1 atom stereocenters. The zero-order chi connectivity index (χ0) is 15.1. The van der Waals surface area contributed by atoms with E-state index in [1.165, 1.54) is 0 Å². The van der Waals surface area contributed by atoms with Gasteiger partial charge in [0, 0.05) is 20.1 Å². The number of carbonyl (C=O) groups excluding carboxylic acids is 1. The van der Waals surface area contributed by atoms with E-state index in [0.717, 1.165) is 17.9 Å². The van der Waals surface area contributed by atoms with Crippen LogP contribution >= 0.6 is 0 Å². The molecular formula is C15H25N3O2. The van der Waals surface area contributed by atoms with Gasteiger partial charge in [-0.1, -0.05) is 26.0 Å². The second-order valence-corrected chi connectivity index (χ2v) is 5.18. The molecule has 1 rings (SSSR count). The van der Waals surface area contributed by atoms with Gasteiger partial charge >= 0.3 is 6.03 Å². The number of anilines is 2. The van der Waals surface area contributed by atoms with Crippen molar-refractivity contribution in [3.05, 3.63) is 24.3 Å². The minimum Gasteiger partial charge on any atom is -0.391 e. The lowest BCUT2D eigenvalue weighted by atomic mass is 10.1. The summed E-state index contributed by atoms with van der Waals surface area (Å²) >= 11 is 0. The quantitative estimate of drug-likeness (QED) is 0.748. The van der Waals surface area contributed by atoms with Crippen LogP contribution in [-0.2, 0) is 0 Å². The van der Waals surface area contributed by atoms with Crippen LogP contribution in [0.25, 0.3) is 0 Å². The molecule has 112 valence electrons. The van der Waals surface area contributed by atoms with Crippen LogP contribution in [0.5, 0.6) is 0 Å². The SMILES string of the molecule is CCN(C)c1ccccc1NC(=O)NC[C@@H](O)C(C)C. The van der Waals surface area contributed by atoms with Crippen molar-refractivity contribution in [1.82, 2.24) is 5.32 Å². The molecule has 3 N–H and O–H groups in total. The summed E-state index contributed by atoms with van der Waals surface area (Å²) in [6.07, 6.45) is -0.533. The van der Waals surface area contributed by atoms with Gasteiger partial charge in [0.2, 0.25) is 0 Å². The van der Waals surface area contributed by atoms with Gasteiger partial charge in [-0.3, -0.25) is 0 Å². The third-order valence-electron chi connectivity index (χ3n) is 3.28. The summed E-state index contributed by atoms with van der Waals surface area (Å²) in [7, 11) is 1.97. The number of carbonyl (C=O) groups is 1. The van der Waals surface area contributed by atoms with Gasteiger partial charge in [-0.15, -0.1) is 0 Å². The predicted octanol–water partition coefficient (Wildman–Crippen LogP) is 2.28. The fraction of sp³-hybridized carbons (Fsp3) is 0.533. The highest BCUT2D eigenvalue weighted by Gasteiger charge is 2.12. The fourth-order valence-corrected chi connectivity index (χ4v) is 1.68. The van der Waals surface area contributed by atoms with E-state index in [2.05, 4.69) is 22.5 Å². The van der Waals surface area contributed by atoms with Crippen LogP contribution < -0.4 is 15.5 Å². The van der Waals surface area contributed by atoms with Gasteiger partial charge in [0.25, 0.3) is 0 Å². The molecule has 0 spiro atoms. The molecular weight excluding hydrogens is 254 g/mol. The van der Waals surface area contributed by atoms with Crippen LogP contribution in [0.15, 0.2) is 24.3 Å². The lowest BCUT2D eigenvalue weighted by molar-refractivity contribution is 0.126. The first-order valence-corrected chi connectivity index (χ1v) is 6.98. The lowest BCUT2D eigenvalue weighted by Crippen LogP contribution is -2.37. The minimum atomic E-state index is -0.533. The number of hydrogen-bond donors (Lipinski definition) is 3. The number of rotatable bonds is 6. The smallest absolute Gasteiger partial charge is 0.319 e. The van der Waals surface area contributed by atoms with Crippen molar-refractivity contribution in [1.29, 1.82) is 0 Å². The molecule has 0 aliphatic rings. The number of para-hydroxylation sites is 2. The van der Waals surface area contributed by atoms with Gasteiger partial charge < -0.3 is 20.6 Å². The van der Waals surface area contributed by atoms with Crippen molar-refractivity contribution < 1.29 is 9.90 Å². The maximum absolute atomic E-state index is 11.9. The number of hydrogen-bond acceptors (Lipinski definition) is 3. The normalized spacial score (nSPS) is 12.1. The Morgan fingerprint density at radius 3 is 2.60 bits per heavy atom. The third kappa shape index (κ3) is 4.74.